The van der Waals surface area contributed by atoms with Gasteiger partial charge in [-0.2, -0.15) is 0 Å². The average Bonchev–Trinajstić information content (AvgIpc) is 2.71. The van der Waals surface area contributed by atoms with Gasteiger partial charge < -0.3 is 29.7 Å². The Morgan fingerprint density at radius 2 is 0.607 bits per heavy atom. The van der Waals surface area contributed by atoms with Crippen LogP contribution in [0.3, 0.4) is 0 Å². The Kier molecular flexibility index (Phi) is 15.6. The molecule has 0 heterocycles. The fourth-order valence-electron chi connectivity index (χ4n) is 4.01. The number of hydrogen-bond donors (Lipinski definition) is 0. The van der Waals surface area contributed by atoms with Crippen molar-refractivity contribution < 1.29 is 29.7 Å². The van der Waals surface area contributed by atoms with E-state index in [1.807, 2.05) is 0 Å². The maximum atomic E-state index is 10.2. The Bertz CT molecular complexity index is 383. The molecule has 3 fully saturated rings. The Labute approximate surface area is 185 Å². The second kappa shape index (κ2) is 16.1. The number of carboxylic acids is 3. The molecule has 3 aliphatic rings. The molecule has 7 heteroatoms. The molecule has 0 aromatic heterocycles. The van der Waals surface area contributed by atoms with Crippen LogP contribution >= 0.6 is 0 Å². The molecule has 3 saturated carbocycles. The Morgan fingerprint density at radius 1 is 0.429 bits per heavy atom. The van der Waals surface area contributed by atoms with Crippen molar-refractivity contribution in [3.8, 4) is 0 Å². The summed E-state index contributed by atoms with van der Waals surface area (Å²) < 4.78 is 0. The van der Waals surface area contributed by atoms with Gasteiger partial charge in [0.05, 0.1) is 0 Å². The molecular weight excluding hydrogens is 470 g/mol. The molecule has 3 rings (SSSR count). The third-order valence-corrected chi connectivity index (χ3v) is 5.82. The molecule has 0 spiro atoms. The molecule has 0 aromatic rings. The molecular formula is C21H33O6Sb. The largest absolute Gasteiger partial charge is 3.00 e. The van der Waals surface area contributed by atoms with Gasteiger partial charge in [0, 0.05) is 17.9 Å². The van der Waals surface area contributed by atoms with Gasteiger partial charge in [-0.3, -0.25) is 0 Å². The first kappa shape index (κ1) is 27.2. The summed E-state index contributed by atoms with van der Waals surface area (Å²) in [7, 11) is 0. The first-order chi connectivity index (χ1) is 12.9. The molecule has 6 nitrogen and oxygen atoms in total. The smallest absolute Gasteiger partial charge is 0.550 e. The molecule has 28 heavy (non-hydrogen) atoms. The fraction of sp³-hybridized carbons (Fsp3) is 0.857. The van der Waals surface area contributed by atoms with E-state index < -0.39 is 17.9 Å². The van der Waals surface area contributed by atoms with Crippen LogP contribution in [0.15, 0.2) is 0 Å². The maximum absolute atomic E-state index is 10.2. The normalized spacial score (nSPS) is 21.0. The maximum Gasteiger partial charge on any atom is 3.00 e. The summed E-state index contributed by atoms with van der Waals surface area (Å²) >= 11 is 0. The zero-order valence-electron chi connectivity index (χ0n) is 16.7. The van der Waals surface area contributed by atoms with Crippen molar-refractivity contribution in [2.24, 2.45) is 17.8 Å². The van der Waals surface area contributed by atoms with Gasteiger partial charge in [-0.1, -0.05) is 57.8 Å². The minimum atomic E-state index is -0.852. The molecule has 2 radical (unpaired) electrons. The molecule has 3 aliphatic carbocycles. The van der Waals surface area contributed by atoms with Crippen molar-refractivity contribution >= 4 is 42.3 Å². The molecule has 0 N–H and O–H groups in total. The van der Waals surface area contributed by atoms with Crippen LogP contribution in [-0.4, -0.2) is 42.3 Å². The zero-order valence-corrected chi connectivity index (χ0v) is 19.3. The van der Waals surface area contributed by atoms with E-state index in [1.165, 1.54) is 19.3 Å². The summed E-state index contributed by atoms with van der Waals surface area (Å²) in [6.07, 6.45) is 15.0. The molecule has 0 aromatic carbocycles. The SMILES string of the molecule is O=C([O-])C1CCCCC1.O=C([O-])C1CCCCC1.O=C([O-])C1CCCCC1.[Sb+3]. The monoisotopic (exact) mass is 502 g/mol. The van der Waals surface area contributed by atoms with Crippen molar-refractivity contribution in [1.82, 2.24) is 0 Å². The second-order valence-corrected chi connectivity index (χ2v) is 7.96. The van der Waals surface area contributed by atoms with Gasteiger partial charge >= 0.3 is 24.4 Å². The number of carbonyl (C=O) groups excluding carboxylic acids is 3. The summed E-state index contributed by atoms with van der Waals surface area (Å²) in [4.78, 5) is 30.7. The van der Waals surface area contributed by atoms with Gasteiger partial charge in [-0.05, 0) is 56.3 Å². The van der Waals surface area contributed by atoms with E-state index in [-0.39, 0.29) is 42.2 Å². The number of aliphatic carboxylic acids is 3. The Balaban J connectivity index is 0.000000384. The number of carbonyl (C=O) groups is 3. The molecule has 0 atom stereocenters. The van der Waals surface area contributed by atoms with Gasteiger partial charge in [-0.25, -0.2) is 0 Å². The van der Waals surface area contributed by atoms with Gasteiger partial charge in [0.15, 0.2) is 0 Å². The van der Waals surface area contributed by atoms with Crippen LogP contribution in [0, 0.1) is 17.8 Å². The first-order valence-corrected chi connectivity index (χ1v) is 10.5. The molecule has 0 bridgehead atoms. The van der Waals surface area contributed by atoms with Crippen LogP contribution < -0.4 is 15.3 Å². The number of rotatable bonds is 3. The standard InChI is InChI=1S/3C7H12O2.Sb/c3*8-7(9)6-4-2-1-3-5-6;/h3*6H,1-5H2,(H,8,9);/q;;;+3/p-3. The molecule has 0 saturated heterocycles. The summed E-state index contributed by atoms with van der Waals surface area (Å²) in [5.41, 5.74) is 0. The van der Waals surface area contributed by atoms with Crippen molar-refractivity contribution in [1.29, 1.82) is 0 Å². The Hall–Kier alpha value is -0.772. The van der Waals surface area contributed by atoms with E-state index in [4.69, 9.17) is 0 Å². The summed E-state index contributed by atoms with van der Waals surface area (Å²) in [6, 6.07) is 0. The van der Waals surface area contributed by atoms with Crippen LogP contribution in [0.1, 0.15) is 96.3 Å². The fourth-order valence-corrected chi connectivity index (χ4v) is 4.01. The summed E-state index contributed by atoms with van der Waals surface area (Å²) in [5.74, 6) is -2.98. The minimum absolute atomic E-state index is 0. The Morgan fingerprint density at radius 3 is 0.714 bits per heavy atom. The molecule has 0 amide bonds. The second-order valence-electron chi connectivity index (χ2n) is 7.96. The van der Waals surface area contributed by atoms with E-state index in [1.54, 1.807) is 0 Å². The summed E-state index contributed by atoms with van der Waals surface area (Å²) in [5, 5.41) is 30.7. The third-order valence-electron chi connectivity index (χ3n) is 5.82. The van der Waals surface area contributed by atoms with Crippen LogP contribution in [-0.2, 0) is 14.4 Å². The van der Waals surface area contributed by atoms with E-state index >= 15 is 0 Å². The summed E-state index contributed by atoms with van der Waals surface area (Å²) in [6.45, 7) is 0. The third kappa shape index (κ3) is 11.9. The number of hydrogen-bond acceptors (Lipinski definition) is 6. The van der Waals surface area contributed by atoms with E-state index in [0.717, 1.165) is 77.0 Å². The number of carboxylic acid groups (broad SMARTS) is 3. The minimum Gasteiger partial charge on any atom is -0.550 e. The molecule has 158 valence electrons. The van der Waals surface area contributed by atoms with Gasteiger partial charge in [0.25, 0.3) is 0 Å². The predicted octanol–water partition coefficient (Wildman–Crippen LogP) is 0.569. The first-order valence-electron chi connectivity index (χ1n) is 10.5. The molecule has 0 unspecified atom stereocenters. The average molecular weight is 503 g/mol. The van der Waals surface area contributed by atoms with Gasteiger partial charge in [-0.15, -0.1) is 0 Å². The van der Waals surface area contributed by atoms with E-state index in [0.29, 0.717) is 0 Å². The topological polar surface area (TPSA) is 120 Å². The quantitative estimate of drug-likeness (QED) is 0.520. The van der Waals surface area contributed by atoms with Crippen LogP contribution in [0.25, 0.3) is 0 Å². The predicted molar refractivity (Wildman–Crippen MR) is 101 cm³/mol. The van der Waals surface area contributed by atoms with Crippen LogP contribution in [0.5, 0.6) is 0 Å². The van der Waals surface area contributed by atoms with Gasteiger partial charge in [0.1, 0.15) is 0 Å². The van der Waals surface area contributed by atoms with Crippen molar-refractivity contribution in [3.05, 3.63) is 0 Å². The molecule has 0 aliphatic heterocycles. The van der Waals surface area contributed by atoms with Crippen molar-refractivity contribution in [2.45, 2.75) is 96.3 Å². The van der Waals surface area contributed by atoms with Gasteiger partial charge in [0.2, 0.25) is 0 Å². The van der Waals surface area contributed by atoms with Crippen molar-refractivity contribution in [2.75, 3.05) is 0 Å². The van der Waals surface area contributed by atoms with Crippen molar-refractivity contribution in [3.63, 3.8) is 0 Å². The zero-order chi connectivity index (χ0) is 20.1. The van der Waals surface area contributed by atoms with E-state index in [2.05, 4.69) is 0 Å². The van der Waals surface area contributed by atoms with E-state index in [9.17, 15) is 29.7 Å². The van der Waals surface area contributed by atoms with Crippen LogP contribution in [0.4, 0.5) is 0 Å². The van der Waals surface area contributed by atoms with Crippen LogP contribution in [0.2, 0.25) is 0 Å².